The van der Waals surface area contributed by atoms with Gasteiger partial charge in [-0.1, -0.05) is 48.1 Å². The van der Waals surface area contributed by atoms with Gasteiger partial charge in [0.25, 0.3) is 0 Å². The molecule has 0 saturated carbocycles. The molecule has 0 bridgehead atoms. The molecule has 0 unspecified atom stereocenters. The van der Waals surface area contributed by atoms with Crippen molar-refractivity contribution in [3.8, 4) is 0 Å². The van der Waals surface area contributed by atoms with E-state index in [1.54, 1.807) is 0 Å². The molecule has 0 aliphatic heterocycles. The molecule has 1 N–H and O–H groups in total. The maximum absolute atomic E-state index is 9.25. The van der Waals surface area contributed by atoms with Gasteiger partial charge in [-0.2, -0.15) is 0 Å². The van der Waals surface area contributed by atoms with E-state index >= 15 is 0 Å². The van der Waals surface area contributed by atoms with Gasteiger partial charge in [0.05, 0.1) is 6.61 Å². The molecule has 0 aromatic carbocycles. The maximum atomic E-state index is 9.25. The molecular formula is C14H23IO. The molecule has 0 saturated heterocycles. The van der Waals surface area contributed by atoms with Crippen LogP contribution < -0.4 is 0 Å². The fourth-order valence-corrected chi connectivity index (χ4v) is 2.69. The van der Waals surface area contributed by atoms with Gasteiger partial charge in [0.1, 0.15) is 0 Å². The van der Waals surface area contributed by atoms with Crippen molar-refractivity contribution in [2.45, 2.75) is 46.5 Å². The Morgan fingerprint density at radius 2 is 2.38 bits per heavy atom. The molecule has 0 fully saturated rings. The average molecular weight is 334 g/mol. The quantitative estimate of drug-likeness (QED) is 0.594. The first-order valence-corrected chi connectivity index (χ1v) is 7.33. The molecule has 0 aromatic rings. The molecule has 0 radical (unpaired) electrons. The molecule has 1 nitrogen and oxygen atoms in total. The van der Waals surface area contributed by atoms with Crippen molar-refractivity contribution in [1.29, 1.82) is 0 Å². The van der Waals surface area contributed by atoms with E-state index in [4.69, 9.17) is 0 Å². The van der Waals surface area contributed by atoms with E-state index in [1.165, 1.54) is 30.4 Å². The number of aliphatic hydroxyl groups excluding tert-OH is 1. The van der Waals surface area contributed by atoms with Gasteiger partial charge in [0, 0.05) is 0 Å². The second-order valence-electron chi connectivity index (χ2n) is 5.36. The summed E-state index contributed by atoms with van der Waals surface area (Å²) in [7, 11) is 0. The van der Waals surface area contributed by atoms with Gasteiger partial charge in [-0.25, -0.2) is 0 Å². The minimum atomic E-state index is 0.239. The Kier molecular flexibility index (Phi) is 5.51. The van der Waals surface area contributed by atoms with Crippen molar-refractivity contribution >= 4 is 22.6 Å². The Bertz CT molecular complexity index is 293. The Hall–Kier alpha value is 0.170. The summed E-state index contributed by atoms with van der Waals surface area (Å²) in [6, 6.07) is 0. The zero-order chi connectivity index (χ0) is 12.2. The third-order valence-electron chi connectivity index (χ3n) is 4.01. The van der Waals surface area contributed by atoms with Crippen LogP contribution in [0, 0.1) is 11.3 Å². The van der Waals surface area contributed by atoms with Crippen molar-refractivity contribution in [2.24, 2.45) is 11.3 Å². The van der Waals surface area contributed by atoms with Crippen molar-refractivity contribution in [3.63, 3.8) is 0 Å². The monoisotopic (exact) mass is 334 g/mol. The Morgan fingerprint density at radius 3 is 2.94 bits per heavy atom. The predicted molar refractivity (Wildman–Crippen MR) is 78.7 cm³/mol. The second-order valence-corrected chi connectivity index (χ2v) is 5.98. The lowest BCUT2D eigenvalue weighted by molar-refractivity contribution is 0.214. The van der Waals surface area contributed by atoms with Gasteiger partial charge in [-0.05, 0) is 53.6 Å². The lowest BCUT2D eigenvalue weighted by Gasteiger charge is -2.38. The molecule has 1 rings (SSSR count). The molecule has 2 atom stereocenters. The molecular weight excluding hydrogens is 311 g/mol. The van der Waals surface area contributed by atoms with Gasteiger partial charge < -0.3 is 5.11 Å². The van der Waals surface area contributed by atoms with Crippen LogP contribution in [0.4, 0.5) is 0 Å². The summed E-state index contributed by atoms with van der Waals surface area (Å²) < 4.78 is 2.17. The minimum absolute atomic E-state index is 0.239. The van der Waals surface area contributed by atoms with Crippen LogP contribution in [0.3, 0.4) is 0 Å². The van der Waals surface area contributed by atoms with Gasteiger partial charge in [-0.3, -0.25) is 0 Å². The smallest absolute Gasteiger partial charge is 0.0641 e. The Labute approximate surface area is 113 Å². The van der Waals surface area contributed by atoms with Crippen LogP contribution in [0.25, 0.3) is 0 Å². The number of hydrogen-bond acceptors (Lipinski definition) is 1. The maximum Gasteiger partial charge on any atom is 0.0641 e. The topological polar surface area (TPSA) is 20.2 Å². The molecule has 2 heteroatoms. The van der Waals surface area contributed by atoms with Crippen LogP contribution in [0.1, 0.15) is 46.5 Å². The number of aliphatic hydroxyl groups is 1. The van der Waals surface area contributed by atoms with E-state index in [0.29, 0.717) is 0 Å². The molecule has 0 spiro atoms. The SMILES string of the molecule is C/C(=C\I)CC[C@]1(C)C=C(CO)CC[C@H]1C. The molecule has 1 aliphatic rings. The normalized spacial score (nSPS) is 31.4. The first kappa shape index (κ1) is 14.2. The fourth-order valence-electron chi connectivity index (χ4n) is 2.38. The van der Waals surface area contributed by atoms with Crippen molar-refractivity contribution in [3.05, 3.63) is 21.3 Å². The van der Waals surface area contributed by atoms with Crippen LogP contribution in [-0.4, -0.2) is 11.7 Å². The molecule has 92 valence electrons. The highest BCUT2D eigenvalue weighted by atomic mass is 127. The van der Waals surface area contributed by atoms with Crippen LogP contribution in [0.5, 0.6) is 0 Å². The largest absolute Gasteiger partial charge is 0.392 e. The van der Waals surface area contributed by atoms with E-state index in [0.717, 1.165) is 12.3 Å². The highest BCUT2D eigenvalue weighted by molar-refractivity contribution is 14.1. The molecule has 16 heavy (non-hydrogen) atoms. The third-order valence-corrected chi connectivity index (χ3v) is 5.07. The summed E-state index contributed by atoms with van der Waals surface area (Å²) in [4.78, 5) is 0. The number of hydrogen-bond donors (Lipinski definition) is 1. The van der Waals surface area contributed by atoms with E-state index < -0.39 is 0 Å². The van der Waals surface area contributed by atoms with E-state index in [9.17, 15) is 5.11 Å². The molecule has 1 aliphatic carbocycles. The first-order chi connectivity index (χ1) is 7.51. The van der Waals surface area contributed by atoms with Crippen molar-refractivity contribution in [2.75, 3.05) is 6.61 Å². The second kappa shape index (κ2) is 6.20. The number of allylic oxidation sites excluding steroid dienone is 2. The van der Waals surface area contributed by atoms with Crippen molar-refractivity contribution in [1.82, 2.24) is 0 Å². The first-order valence-electron chi connectivity index (χ1n) is 6.09. The van der Waals surface area contributed by atoms with Gasteiger partial charge >= 0.3 is 0 Å². The molecule has 0 aromatic heterocycles. The van der Waals surface area contributed by atoms with Crippen LogP contribution in [-0.2, 0) is 0 Å². The third kappa shape index (κ3) is 3.59. The van der Waals surface area contributed by atoms with E-state index in [2.05, 4.69) is 53.5 Å². The summed E-state index contributed by atoms with van der Waals surface area (Å²) in [6.07, 6.45) is 6.99. The zero-order valence-corrected chi connectivity index (χ0v) is 12.8. The van der Waals surface area contributed by atoms with Gasteiger partial charge in [0.2, 0.25) is 0 Å². The van der Waals surface area contributed by atoms with E-state index in [1.807, 2.05) is 0 Å². The Balaban J connectivity index is 2.72. The lowest BCUT2D eigenvalue weighted by atomic mass is 9.67. The number of rotatable bonds is 4. The summed E-state index contributed by atoms with van der Waals surface area (Å²) >= 11 is 2.31. The van der Waals surface area contributed by atoms with E-state index in [-0.39, 0.29) is 12.0 Å². The number of halogens is 1. The lowest BCUT2D eigenvalue weighted by Crippen LogP contribution is -2.27. The Morgan fingerprint density at radius 1 is 1.69 bits per heavy atom. The summed E-state index contributed by atoms with van der Waals surface area (Å²) in [5.74, 6) is 0.727. The standard InChI is InChI=1S/C14H23IO/c1-11(9-15)6-7-14(3)8-13(10-16)5-4-12(14)2/h8-9,12,16H,4-7,10H2,1-3H3/b11-9+/t12-,14-/m1/s1. The molecule has 0 heterocycles. The average Bonchev–Trinajstić information content (AvgIpc) is 2.30. The van der Waals surface area contributed by atoms with Crippen LogP contribution in [0.2, 0.25) is 0 Å². The fraction of sp³-hybridized carbons (Fsp3) is 0.714. The zero-order valence-electron chi connectivity index (χ0n) is 10.6. The van der Waals surface area contributed by atoms with Crippen molar-refractivity contribution < 1.29 is 5.11 Å². The van der Waals surface area contributed by atoms with Crippen LogP contribution in [0.15, 0.2) is 21.3 Å². The molecule has 0 amide bonds. The van der Waals surface area contributed by atoms with Crippen LogP contribution >= 0.6 is 22.6 Å². The minimum Gasteiger partial charge on any atom is -0.392 e. The summed E-state index contributed by atoms with van der Waals surface area (Å²) in [6.45, 7) is 7.12. The predicted octanol–water partition coefficient (Wildman–Crippen LogP) is 4.46. The summed E-state index contributed by atoms with van der Waals surface area (Å²) in [5, 5.41) is 9.25. The summed E-state index contributed by atoms with van der Waals surface area (Å²) in [5.41, 5.74) is 2.97. The highest BCUT2D eigenvalue weighted by Crippen LogP contribution is 2.42. The van der Waals surface area contributed by atoms with Gasteiger partial charge in [-0.15, -0.1) is 0 Å². The highest BCUT2D eigenvalue weighted by Gasteiger charge is 2.31. The van der Waals surface area contributed by atoms with Gasteiger partial charge in [0.15, 0.2) is 0 Å².